The van der Waals surface area contributed by atoms with Gasteiger partial charge in [0, 0.05) is 21.5 Å². The van der Waals surface area contributed by atoms with E-state index in [1.165, 1.54) is 5.56 Å². The summed E-state index contributed by atoms with van der Waals surface area (Å²) in [6.45, 7) is 0. The standard InChI is InChI=1S/C22H18BrN3OS/c1-27-20-12-10-19(11-13-20)26-21(17-7-3-2-4-8-17)24-25-22(26)28-15-16-6-5-9-18(23)14-16/h2-14H,15H2,1H3. The van der Waals surface area contributed by atoms with Crippen LogP contribution in [0.2, 0.25) is 0 Å². The summed E-state index contributed by atoms with van der Waals surface area (Å²) < 4.78 is 8.47. The van der Waals surface area contributed by atoms with Crippen molar-refractivity contribution in [1.82, 2.24) is 14.8 Å². The Morgan fingerprint density at radius 1 is 0.929 bits per heavy atom. The van der Waals surface area contributed by atoms with Crippen LogP contribution in [0.3, 0.4) is 0 Å². The molecule has 0 unspecified atom stereocenters. The predicted octanol–water partition coefficient (Wildman–Crippen LogP) is 6.00. The first-order valence-electron chi connectivity index (χ1n) is 8.77. The molecule has 140 valence electrons. The molecule has 0 radical (unpaired) electrons. The van der Waals surface area contributed by atoms with E-state index < -0.39 is 0 Å². The van der Waals surface area contributed by atoms with Gasteiger partial charge in [0.05, 0.1) is 7.11 Å². The van der Waals surface area contributed by atoms with E-state index in [9.17, 15) is 0 Å². The number of thioether (sulfide) groups is 1. The molecule has 0 aliphatic heterocycles. The molecule has 4 rings (SSSR count). The molecular weight excluding hydrogens is 434 g/mol. The second-order valence-corrected chi connectivity index (χ2v) is 7.98. The molecular formula is C22H18BrN3OS. The summed E-state index contributed by atoms with van der Waals surface area (Å²) >= 11 is 5.20. The minimum atomic E-state index is 0.808. The van der Waals surface area contributed by atoms with Crippen LogP contribution in [0, 0.1) is 0 Å². The van der Waals surface area contributed by atoms with Crippen LogP contribution in [-0.2, 0) is 5.75 Å². The lowest BCUT2D eigenvalue weighted by Gasteiger charge is -2.11. The molecule has 4 aromatic rings. The molecule has 1 aromatic heterocycles. The Kier molecular flexibility index (Phi) is 5.78. The molecule has 0 aliphatic carbocycles. The van der Waals surface area contributed by atoms with Gasteiger partial charge in [0.15, 0.2) is 11.0 Å². The third kappa shape index (κ3) is 4.13. The lowest BCUT2D eigenvalue weighted by atomic mass is 10.2. The van der Waals surface area contributed by atoms with Crippen LogP contribution in [-0.4, -0.2) is 21.9 Å². The van der Waals surface area contributed by atoms with Gasteiger partial charge in [-0.3, -0.25) is 4.57 Å². The highest BCUT2D eigenvalue weighted by molar-refractivity contribution is 9.10. The number of ether oxygens (including phenoxy) is 1. The number of methoxy groups -OCH3 is 1. The maximum Gasteiger partial charge on any atom is 0.196 e. The quantitative estimate of drug-likeness (QED) is 0.337. The van der Waals surface area contributed by atoms with E-state index in [-0.39, 0.29) is 0 Å². The van der Waals surface area contributed by atoms with Crippen LogP contribution in [0.25, 0.3) is 17.1 Å². The molecule has 6 heteroatoms. The van der Waals surface area contributed by atoms with E-state index in [0.717, 1.165) is 38.2 Å². The first kappa shape index (κ1) is 18.8. The van der Waals surface area contributed by atoms with Crippen LogP contribution < -0.4 is 4.74 Å². The molecule has 0 amide bonds. The predicted molar refractivity (Wildman–Crippen MR) is 117 cm³/mol. The molecule has 0 bridgehead atoms. The largest absolute Gasteiger partial charge is 0.497 e. The zero-order valence-corrected chi connectivity index (χ0v) is 17.7. The van der Waals surface area contributed by atoms with Gasteiger partial charge in [0.25, 0.3) is 0 Å². The van der Waals surface area contributed by atoms with Gasteiger partial charge in [-0.05, 0) is 42.0 Å². The molecule has 3 aromatic carbocycles. The molecule has 0 saturated heterocycles. The second kappa shape index (κ2) is 8.63. The van der Waals surface area contributed by atoms with Crippen LogP contribution >= 0.6 is 27.7 Å². The first-order valence-corrected chi connectivity index (χ1v) is 10.5. The topological polar surface area (TPSA) is 39.9 Å². The summed E-state index contributed by atoms with van der Waals surface area (Å²) in [6.07, 6.45) is 0. The highest BCUT2D eigenvalue weighted by Gasteiger charge is 2.16. The number of rotatable bonds is 6. The lowest BCUT2D eigenvalue weighted by molar-refractivity contribution is 0.414. The van der Waals surface area contributed by atoms with E-state index in [4.69, 9.17) is 4.74 Å². The van der Waals surface area contributed by atoms with Crippen molar-refractivity contribution in [1.29, 1.82) is 0 Å². The summed E-state index contributed by atoms with van der Waals surface area (Å²) in [5.74, 6) is 2.45. The minimum Gasteiger partial charge on any atom is -0.497 e. The average Bonchev–Trinajstić information content (AvgIpc) is 3.17. The van der Waals surface area contributed by atoms with Crippen molar-refractivity contribution in [2.24, 2.45) is 0 Å². The van der Waals surface area contributed by atoms with Crippen molar-refractivity contribution >= 4 is 27.7 Å². The Hall–Kier alpha value is -2.57. The van der Waals surface area contributed by atoms with Crippen molar-refractivity contribution in [3.8, 4) is 22.8 Å². The van der Waals surface area contributed by atoms with Crippen molar-refractivity contribution < 1.29 is 4.74 Å². The molecule has 0 spiro atoms. The van der Waals surface area contributed by atoms with Gasteiger partial charge in [-0.25, -0.2) is 0 Å². The fourth-order valence-electron chi connectivity index (χ4n) is 2.88. The number of halogens is 1. The SMILES string of the molecule is COc1ccc(-n2c(SCc3cccc(Br)c3)nnc2-c2ccccc2)cc1. The summed E-state index contributed by atoms with van der Waals surface area (Å²) in [5, 5.41) is 9.82. The summed E-state index contributed by atoms with van der Waals surface area (Å²) in [4.78, 5) is 0. The summed E-state index contributed by atoms with van der Waals surface area (Å²) in [6, 6.07) is 26.4. The van der Waals surface area contributed by atoms with Crippen molar-refractivity contribution in [2.75, 3.05) is 7.11 Å². The van der Waals surface area contributed by atoms with Gasteiger partial charge in [-0.15, -0.1) is 10.2 Å². The average molecular weight is 452 g/mol. The minimum absolute atomic E-state index is 0.808. The number of benzene rings is 3. The van der Waals surface area contributed by atoms with Crippen molar-refractivity contribution in [3.05, 3.63) is 88.9 Å². The molecule has 0 fully saturated rings. The van der Waals surface area contributed by atoms with E-state index in [1.54, 1.807) is 18.9 Å². The normalized spacial score (nSPS) is 10.8. The summed E-state index contributed by atoms with van der Waals surface area (Å²) in [7, 11) is 1.67. The monoisotopic (exact) mass is 451 g/mol. The maximum atomic E-state index is 5.30. The highest BCUT2D eigenvalue weighted by atomic mass is 79.9. The molecule has 4 nitrogen and oxygen atoms in total. The highest BCUT2D eigenvalue weighted by Crippen LogP contribution is 2.30. The van der Waals surface area contributed by atoms with E-state index in [1.807, 2.05) is 66.7 Å². The van der Waals surface area contributed by atoms with E-state index >= 15 is 0 Å². The van der Waals surface area contributed by atoms with Crippen molar-refractivity contribution in [2.45, 2.75) is 10.9 Å². The van der Waals surface area contributed by atoms with Gasteiger partial charge >= 0.3 is 0 Å². The lowest BCUT2D eigenvalue weighted by Crippen LogP contribution is -2.00. The summed E-state index contributed by atoms with van der Waals surface area (Å²) in [5.41, 5.74) is 3.26. The molecule has 0 aliphatic rings. The van der Waals surface area contributed by atoms with Crippen LogP contribution in [0.15, 0.2) is 88.5 Å². The van der Waals surface area contributed by atoms with Crippen molar-refractivity contribution in [3.63, 3.8) is 0 Å². The molecule has 0 N–H and O–H groups in total. The fraction of sp³-hybridized carbons (Fsp3) is 0.0909. The molecule has 0 saturated carbocycles. The van der Waals surface area contributed by atoms with E-state index in [2.05, 4.69) is 42.8 Å². The van der Waals surface area contributed by atoms with Gasteiger partial charge in [0.2, 0.25) is 0 Å². The molecule has 28 heavy (non-hydrogen) atoms. The number of hydrogen-bond acceptors (Lipinski definition) is 4. The fourth-order valence-corrected chi connectivity index (χ4v) is 4.22. The first-order chi connectivity index (χ1) is 13.7. The Morgan fingerprint density at radius 3 is 2.43 bits per heavy atom. The smallest absolute Gasteiger partial charge is 0.196 e. The zero-order chi connectivity index (χ0) is 19.3. The van der Waals surface area contributed by atoms with Gasteiger partial charge < -0.3 is 4.74 Å². The molecule has 0 atom stereocenters. The van der Waals surface area contributed by atoms with E-state index in [0.29, 0.717) is 0 Å². The van der Waals surface area contributed by atoms with Gasteiger partial charge in [0.1, 0.15) is 5.75 Å². The van der Waals surface area contributed by atoms with Crippen LogP contribution in [0.1, 0.15) is 5.56 Å². The second-order valence-electron chi connectivity index (χ2n) is 6.12. The third-order valence-electron chi connectivity index (χ3n) is 4.25. The molecule has 1 heterocycles. The van der Waals surface area contributed by atoms with Crippen LogP contribution in [0.5, 0.6) is 5.75 Å². The number of aromatic nitrogens is 3. The Labute approximate surface area is 176 Å². The maximum absolute atomic E-state index is 5.30. The van der Waals surface area contributed by atoms with Gasteiger partial charge in [-0.2, -0.15) is 0 Å². The number of hydrogen-bond donors (Lipinski definition) is 0. The zero-order valence-electron chi connectivity index (χ0n) is 15.2. The third-order valence-corrected chi connectivity index (χ3v) is 5.75. The Bertz CT molecular complexity index is 1060. The van der Waals surface area contributed by atoms with Gasteiger partial charge in [-0.1, -0.05) is 70.2 Å². The van der Waals surface area contributed by atoms with Crippen LogP contribution in [0.4, 0.5) is 0 Å². The Morgan fingerprint density at radius 2 is 1.71 bits per heavy atom. The Balaban J connectivity index is 1.72. The number of nitrogens with zero attached hydrogens (tertiary/aromatic N) is 3.